The Hall–Kier alpha value is -1.47. The molecule has 114 valence electrons. The van der Waals surface area contributed by atoms with Crippen molar-refractivity contribution in [3.05, 3.63) is 57.3 Å². The molecule has 0 saturated heterocycles. The van der Waals surface area contributed by atoms with Crippen LogP contribution in [0.1, 0.15) is 18.9 Å². The van der Waals surface area contributed by atoms with E-state index >= 15 is 0 Å². The van der Waals surface area contributed by atoms with E-state index in [1.165, 1.54) is 0 Å². The van der Waals surface area contributed by atoms with Crippen LogP contribution in [0.15, 0.2) is 36.7 Å². The molecule has 2 aromatic rings. The summed E-state index contributed by atoms with van der Waals surface area (Å²) in [4.78, 5) is 4.07. The van der Waals surface area contributed by atoms with Crippen molar-refractivity contribution in [2.45, 2.75) is 18.8 Å². The van der Waals surface area contributed by atoms with Crippen molar-refractivity contribution < 1.29 is 4.74 Å². The van der Waals surface area contributed by atoms with Gasteiger partial charge in [0.15, 0.2) is 5.75 Å². The SMILES string of the molecule is CCC(C#N)(COc1c(Cl)cc(Cl)cc1Cl)c1cccnc1. The summed E-state index contributed by atoms with van der Waals surface area (Å²) in [5.74, 6) is 0.324. The molecule has 22 heavy (non-hydrogen) atoms. The van der Waals surface area contributed by atoms with Gasteiger partial charge in [-0.15, -0.1) is 0 Å². The molecule has 0 aliphatic rings. The number of ether oxygens (including phenoxy) is 1. The van der Waals surface area contributed by atoms with Gasteiger partial charge in [-0.25, -0.2) is 0 Å². The lowest BCUT2D eigenvalue weighted by molar-refractivity contribution is 0.247. The van der Waals surface area contributed by atoms with Crippen LogP contribution in [0.4, 0.5) is 0 Å². The monoisotopic (exact) mass is 354 g/mol. The zero-order valence-corrected chi connectivity index (χ0v) is 14.1. The summed E-state index contributed by atoms with van der Waals surface area (Å²) < 4.78 is 5.75. The first-order chi connectivity index (χ1) is 10.5. The molecule has 0 aliphatic heterocycles. The molecular formula is C16H13Cl3N2O. The van der Waals surface area contributed by atoms with Crippen LogP contribution in [0.3, 0.4) is 0 Å². The molecule has 0 spiro atoms. The molecule has 0 N–H and O–H groups in total. The van der Waals surface area contributed by atoms with Crippen molar-refractivity contribution in [2.24, 2.45) is 0 Å². The molecule has 0 amide bonds. The zero-order valence-electron chi connectivity index (χ0n) is 11.8. The van der Waals surface area contributed by atoms with Crippen molar-refractivity contribution in [3.8, 4) is 11.8 Å². The summed E-state index contributed by atoms with van der Waals surface area (Å²) in [6.07, 6.45) is 3.90. The topological polar surface area (TPSA) is 45.9 Å². The normalized spacial score (nSPS) is 13.2. The Kier molecular flexibility index (Phi) is 5.52. The van der Waals surface area contributed by atoms with Crippen molar-refractivity contribution in [2.75, 3.05) is 6.61 Å². The fourth-order valence-corrected chi connectivity index (χ4v) is 3.00. The van der Waals surface area contributed by atoms with Gasteiger partial charge in [0.25, 0.3) is 0 Å². The largest absolute Gasteiger partial charge is 0.488 e. The Labute approximate surface area is 144 Å². The second kappa shape index (κ2) is 7.19. The highest BCUT2D eigenvalue weighted by molar-refractivity contribution is 6.40. The quantitative estimate of drug-likeness (QED) is 0.732. The fraction of sp³-hybridized carbons (Fsp3) is 0.250. The Bertz CT molecular complexity index is 677. The highest BCUT2D eigenvalue weighted by Gasteiger charge is 2.32. The van der Waals surface area contributed by atoms with Crippen LogP contribution < -0.4 is 4.74 Å². The van der Waals surface area contributed by atoms with E-state index in [9.17, 15) is 5.26 Å². The number of benzene rings is 1. The molecule has 2 rings (SSSR count). The van der Waals surface area contributed by atoms with E-state index in [4.69, 9.17) is 39.5 Å². The van der Waals surface area contributed by atoms with Gasteiger partial charge in [0.2, 0.25) is 0 Å². The van der Waals surface area contributed by atoms with E-state index in [2.05, 4.69) is 11.1 Å². The highest BCUT2D eigenvalue weighted by Crippen LogP contribution is 2.37. The first-order valence-electron chi connectivity index (χ1n) is 6.61. The number of pyridine rings is 1. The molecule has 1 heterocycles. The molecule has 0 fully saturated rings. The van der Waals surface area contributed by atoms with Crippen LogP contribution in [0.2, 0.25) is 15.1 Å². The second-order valence-corrected chi connectivity index (χ2v) is 6.03. The summed E-state index contributed by atoms with van der Waals surface area (Å²) in [5, 5.41) is 10.7. The zero-order chi connectivity index (χ0) is 16.2. The lowest BCUT2D eigenvalue weighted by Gasteiger charge is -2.26. The van der Waals surface area contributed by atoms with Gasteiger partial charge in [0.1, 0.15) is 12.0 Å². The van der Waals surface area contributed by atoms with Gasteiger partial charge in [-0.1, -0.05) is 47.8 Å². The average molecular weight is 356 g/mol. The van der Waals surface area contributed by atoms with E-state index in [1.54, 1.807) is 30.6 Å². The van der Waals surface area contributed by atoms with Gasteiger partial charge in [-0.3, -0.25) is 4.98 Å². The maximum Gasteiger partial charge on any atom is 0.156 e. The second-order valence-electron chi connectivity index (χ2n) is 4.78. The molecule has 0 bridgehead atoms. The average Bonchev–Trinajstić information content (AvgIpc) is 2.51. The standard InChI is InChI=1S/C16H13Cl3N2O/c1-2-16(9-20,11-4-3-5-21-8-11)10-22-15-13(18)6-12(17)7-14(15)19/h3-8H,2,10H2,1H3. The number of halogens is 3. The van der Waals surface area contributed by atoms with Gasteiger partial charge in [0, 0.05) is 17.4 Å². The number of rotatable bonds is 5. The lowest BCUT2D eigenvalue weighted by atomic mass is 9.81. The molecule has 1 atom stereocenters. The number of nitrogens with zero attached hydrogens (tertiary/aromatic N) is 2. The Morgan fingerprint density at radius 3 is 2.45 bits per heavy atom. The molecule has 0 radical (unpaired) electrons. The fourth-order valence-electron chi connectivity index (χ4n) is 2.07. The van der Waals surface area contributed by atoms with Gasteiger partial charge in [-0.05, 0) is 30.2 Å². The van der Waals surface area contributed by atoms with Gasteiger partial charge < -0.3 is 4.74 Å². The van der Waals surface area contributed by atoms with Gasteiger partial charge in [-0.2, -0.15) is 5.26 Å². The van der Waals surface area contributed by atoms with Crippen molar-refractivity contribution in [1.82, 2.24) is 4.98 Å². The third-order valence-electron chi connectivity index (χ3n) is 3.46. The molecular weight excluding hydrogens is 343 g/mol. The maximum atomic E-state index is 9.65. The third kappa shape index (κ3) is 3.47. The molecule has 1 unspecified atom stereocenters. The van der Waals surface area contributed by atoms with Crippen LogP contribution in [-0.2, 0) is 5.41 Å². The Balaban J connectivity index is 2.30. The van der Waals surface area contributed by atoms with Crippen molar-refractivity contribution in [1.29, 1.82) is 5.26 Å². The predicted molar refractivity (Wildman–Crippen MR) is 88.8 cm³/mol. The summed E-state index contributed by atoms with van der Waals surface area (Å²) in [5.41, 5.74) is -0.0261. The summed E-state index contributed by atoms with van der Waals surface area (Å²) in [6.45, 7) is 2.04. The minimum Gasteiger partial charge on any atom is -0.488 e. The van der Waals surface area contributed by atoms with E-state index in [0.717, 1.165) is 5.56 Å². The van der Waals surface area contributed by atoms with E-state index < -0.39 is 5.41 Å². The minimum absolute atomic E-state index is 0.118. The van der Waals surface area contributed by atoms with Crippen molar-refractivity contribution >= 4 is 34.8 Å². The van der Waals surface area contributed by atoms with Crippen LogP contribution in [0.5, 0.6) is 5.75 Å². The summed E-state index contributed by atoms with van der Waals surface area (Å²) in [7, 11) is 0. The molecule has 0 saturated carbocycles. The molecule has 1 aromatic carbocycles. The van der Waals surface area contributed by atoms with Crippen LogP contribution in [-0.4, -0.2) is 11.6 Å². The smallest absolute Gasteiger partial charge is 0.156 e. The van der Waals surface area contributed by atoms with Gasteiger partial charge >= 0.3 is 0 Å². The third-order valence-corrected chi connectivity index (χ3v) is 4.24. The van der Waals surface area contributed by atoms with Gasteiger partial charge in [0.05, 0.1) is 16.1 Å². The molecule has 0 aliphatic carbocycles. The minimum atomic E-state index is -0.819. The van der Waals surface area contributed by atoms with E-state index in [0.29, 0.717) is 27.2 Å². The molecule has 6 heteroatoms. The molecule has 1 aromatic heterocycles. The number of hydrogen-bond acceptors (Lipinski definition) is 3. The first kappa shape index (κ1) is 16.9. The Morgan fingerprint density at radius 2 is 1.95 bits per heavy atom. The summed E-state index contributed by atoms with van der Waals surface area (Å²) >= 11 is 18.1. The van der Waals surface area contributed by atoms with Crippen LogP contribution in [0.25, 0.3) is 0 Å². The maximum absolute atomic E-state index is 9.65. The molecule has 3 nitrogen and oxygen atoms in total. The van der Waals surface area contributed by atoms with Crippen LogP contribution >= 0.6 is 34.8 Å². The lowest BCUT2D eigenvalue weighted by Crippen LogP contribution is -2.31. The predicted octanol–water partition coefficient (Wildman–Crippen LogP) is 5.29. The number of nitriles is 1. The van der Waals surface area contributed by atoms with Crippen molar-refractivity contribution in [3.63, 3.8) is 0 Å². The first-order valence-corrected chi connectivity index (χ1v) is 7.75. The number of hydrogen-bond donors (Lipinski definition) is 0. The summed E-state index contributed by atoms with van der Waals surface area (Å²) in [6, 6.07) is 9.07. The Morgan fingerprint density at radius 1 is 1.27 bits per heavy atom. The number of aromatic nitrogens is 1. The van der Waals surface area contributed by atoms with E-state index in [-0.39, 0.29) is 6.61 Å². The van der Waals surface area contributed by atoms with E-state index in [1.807, 2.05) is 13.0 Å². The van der Waals surface area contributed by atoms with Crippen LogP contribution in [0, 0.1) is 11.3 Å². The highest BCUT2D eigenvalue weighted by atomic mass is 35.5.